The lowest BCUT2D eigenvalue weighted by molar-refractivity contribution is -0.141. The van der Waals surface area contributed by atoms with E-state index in [9.17, 15) is 14.4 Å². The molecular formula is C15H14N4O4. The molecule has 3 amide bonds. The van der Waals surface area contributed by atoms with Crippen LogP contribution in [-0.2, 0) is 14.4 Å². The third-order valence-electron chi connectivity index (χ3n) is 3.40. The second-order valence-electron chi connectivity index (χ2n) is 5.15. The van der Waals surface area contributed by atoms with Gasteiger partial charge in [0.2, 0.25) is 17.7 Å². The van der Waals surface area contributed by atoms with E-state index in [2.05, 4.69) is 15.5 Å². The van der Waals surface area contributed by atoms with Gasteiger partial charge >= 0.3 is 0 Å². The highest BCUT2D eigenvalue weighted by Crippen LogP contribution is 2.19. The lowest BCUT2D eigenvalue weighted by Gasteiger charge is -2.13. The maximum atomic E-state index is 11.9. The lowest BCUT2D eigenvalue weighted by Crippen LogP contribution is -2.36. The fourth-order valence-electron chi connectivity index (χ4n) is 2.25. The highest BCUT2D eigenvalue weighted by atomic mass is 16.5. The fraction of sp³-hybridized carbons (Fsp3) is 0.267. The van der Waals surface area contributed by atoms with Gasteiger partial charge in [-0.25, -0.2) is 0 Å². The molecule has 1 saturated heterocycles. The Morgan fingerprint density at radius 1 is 1.22 bits per heavy atom. The van der Waals surface area contributed by atoms with Crippen LogP contribution < -0.4 is 5.32 Å². The molecule has 2 heterocycles. The third kappa shape index (κ3) is 3.25. The van der Waals surface area contributed by atoms with Crippen molar-refractivity contribution in [1.82, 2.24) is 15.0 Å². The zero-order valence-electron chi connectivity index (χ0n) is 12.4. The number of imide groups is 1. The zero-order valence-corrected chi connectivity index (χ0v) is 12.4. The van der Waals surface area contributed by atoms with Crippen molar-refractivity contribution in [3.63, 3.8) is 0 Å². The Morgan fingerprint density at radius 2 is 1.87 bits per heavy atom. The van der Waals surface area contributed by atoms with E-state index in [-0.39, 0.29) is 31.2 Å². The maximum Gasteiger partial charge on any atom is 0.257 e. The highest BCUT2D eigenvalue weighted by Gasteiger charge is 2.30. The average Bonchev–Trinajstić information content (AvgIpc) is 3.09. The molecule has 0 aliphatic carbocycles. The van der Waals surface area contributed by atoms with Crippen molar-refractivity contribution in [3.05, 3.63) is 30.1 Å². The Bertz CT molecular complexity index is 750. The second-order valence-corrected chi connectivity index (χ2v) is 5.15. The first kappa shape index (κ1) is 14.9. The van der Waals surface area contributed by atoms with E-state index < -0.39 is 5.91 Å². The number of anilines is 1. The number of aromatic nitrogens is 2. The molecule has 0 spiro atoms. The molecule has 118 valence electrons. The number of likely N-dealkylation sites (tertiary alicyclic amines) is 1. The van der Waals surface area contributed by atoms with E-state index in [0.717, 1.165) is 10.5 Å². The molecule has 0 radical (unpaired) electrons. The van der Waals surface area contributed by atoms with Gasteiger partial charge in [-0.05, 0) is 31.2 Å². The van der Waals surface area contributed by atoms with Gasteiger partial charge in [0.15, 0.2) is 5.82 Å². The second kappa shape index (κ2) is 5.99. The molecule has 1 fully saturated rings. The van der Waals surface area contributed by atoms with Crippen LogP contribution >= 0.6 is 0 Å². The zero-order chi connectivity index (χ0) is 16.4. The number of amides is 3. The molecule has 0 bridgehead atoms. The number of nitrogens with one attached hydrogen (secondary N) is 1. The summed E-state index contributed by atoms with van der Waals surface area (Å²) in [6, 6.07) is 6.82. The largest absolute Gasteiger partial charge is 0.334 e. The monoisotopic (exact) mass is 314 g/mol. The molecule has 8 nitrogen and oxygen atoms in total. The minimum absolute atomic E-state index is 0.171. The van der Waals surface area contributed by atoms with E-state index in [1.165, 1.54) is 0 Å². The fourth-order valence-corrected chi connectivity index (χ4v) is 2.25. The van der Waals surface area contributed by atoms with Crippen LogP contribution in [0.25, 0.3) is 11.5 Å². The standard InChI is InChI=1S/C15H14N4O4/c1-9-16-15(23-18-9)10-2-4-11(5-3-10)17-12(20)8-19-13(21)6-7-14(19)22/h2-5H,6-8H2,1H3,(H,17,20). The lowest BCUT2D eigenvalue weighted by atomic mass is 10.2. The molecule has 23 heavy (non-hydrogen) atoms. The number of carbonyl (C=O) groups excluding carboxylic acids is 3. The predicted octanol–water partition coefficient (Wildman–Crippen LogP) is 1.13. The SMILES string of the molecule is Cc1noc(-c2ccc(NC(=O)CN3C(=O)CCC3=O)cc2)n1. The molecule has 1 aliphatic rings. The van der Waals surface area contributed by atoms with Crippen molar-refractivity contribution in [2.45, 2.75) is 19.8 Å². The van der Waals surface area contributed by atoms with Crippen molar-refractivity contribution in [3.8, 4) is 11.5 Å². The smallest absolute Gasteiger partial charge is 0.257 e. The molecule has 8 heteroatoms. The number of rotatable bonds is 4. The van der Waals surface area contributed by atoms with Crippen LogP contribution in [0.5, 0.6) is 0 Å². The first-order valence-corrected chi connectivity index (χ1v) is 7.07. The normalized spacial score (nSPS) is 14.4. The van der Waals surface area contributed by atoms with Crippen molar-refractivity contribution in [2.24, 2.45) is 0 Å². The first-order chi connectivity index (χ1) is 11.0. The number of hydrogen-bond donors (Lipinski definition) is 1. The van der Waals surface area contributed by atoms with Crippen LogP contribution in [0.3, 0.4) is 0 Å². The molecule has 3 rings (SSSR count). The van der Waals surface area contributed by atoms with E-state index in [4.69, 9.17) is 4.52 Å². The van der Waals surface area contributed by atoms with Gasteiger partial charge in [-0.15, -0.1) is 0 Å². The summed E-state index contributed by atoms with van der Waals surface area (Å²) in [4.78, 5) is 40.0. The molecule has 0 unspecified atom stereocenters. The summed E-state index contributed by atoms with van der Waals surface area (Å²) in [5.74, 6) is -0.111. The van der Waals surface area contributed by atoms with Crippen LogP contribution in [-0.4, -0.2) is 39.3 Å². The molecule has 1 aliphatic heterocycles. The number of carbonyl (C=O) groups is 3. The van der Waals surface area contributed by atoms with Gasteiger partial charge in [0, 0.05) is 24.1 Å². The van der Waals surface area contributed by atoms with Gasteiger partial charge < -0.3 is 9.84 Å². The van der Waals surface area contributed by atoms with Gasteiger partial charge in [-0.3, -0.25) is 19.3 Å². The van der Waals surface area contributed by atoms with Crippen molar-refractivity contribution >= 4 is 23.4 Å². The van der Waals surface area contributed by atoms with Crippen molar-refractivity contribution < 1.29 is 18.9 Å². The average molecular weight is 314 g/mol. The third-order valence-corrected chi connectivity index (χ3v) is 3.40. The minimum atomic E-state index is -0.421. The van der Waals surface area contributed by atoms with Crippen LogP contribution in [0, 0.1) is 6.92 Å². The molecule has 1 aromatic heterocycles. The predicted molar refractivity (Wildman–Crippen MR) is 79.1 cm³/mol. The number of benzene rings is 1. The Morgan fingerprint density at radius 3 is 2.43 bits per heavy atom. The number of nitrogens with zero attached hydrogens (tertiary/aromatic N) is 3. The van der Waals surface area contributed by atoms with E-state index in [0.29, 0.717) is 17.4 Å². The molecular weight excluding hydrogens is 300 g/mol. The summed E-state index contributed by atoms with van der Waals surface area (Å²) in [6.07, 6.45) is 0.342. The quantitative estimate of drug-likeness (QED) is 0.848. The van der Waals surface area contributed by atoms with Crippen LogP contribution in [0.2, 0.25) is 0 Å². The Balaban J connectivity index is 1.63. The number of hydrogen-bond acceptors (Lipinski definition) is 6. The summed E-state index contributed by atoms with van der Waals surface area (Å²) in [5, 5.41) is 6.35. The molecule has 2 aromatic rings. The van der Waals surface area contributed by atoms with E-state index >= 15 is 0 Å². The Labute approximate surface area is 131 Å². The summed E-state index contributed by atoms with van der Waals surface area (Å²) < 4.78 is 5.05. The summed E-state index contributed by atoms with van der Waals surface area (Å²) in [5.41, 5.74) is 1.28. The summed E-state index contributed by atoms with van der Waals surface area (Å²) in [6.45, 7) is 1.46. The minimum Gasteiger partial charge on any atom is -0.334 e. The van der Waals surface area contributed by atoms with Crippen molar-refractivity contribution in [1.29, 1.82) is 0 Å². The van der Waals surface area contributed by atoms with E-state index in [1.54, 1.807) is 31.2 Å². The first-order valence-electron chi connectivity index (χ1n) is 7.07. The van der Waals surface area contributed by atoms with Crippen molar-refractivity contribution in [2.75, 3.05) is 11.9 Å². The molecule has 1 N–H and O–H groups in total. The van der Waals surface area contributed by atoms with Gasteiger partial charge in [0.25, 0.3) is 5.89 Å². The topological polar surface area (TPSA) is 105 Å². The van der Waals surface area contributed by atoms with Crippen LogP contribution in [0.1, 0.15) is 18.7 Å². The van der Waals surface area contributed by atoms with Crippen LogP contribution in [0.15, 0.2) is 28.8 Å². The van der Waals surface area contributed by atoms with Gasteiger partial charge in [-0.1, -0.05) is 5.16 Å². The van der Waals surface area contributed by atoms with E-state index in [1.807, 2.05) is 0 Å². The molecule has 1 aromatic carbocycles. The number of aryl methyl sites for hydroxylation is 1. The highest BCUT2D eigenvalue weighted by molar-refractivity contribution is 6.06. The van der Waals surface area contributed by atoms with Gasteiger partial charge in [0.1, 0.15) is 6.54 Å². The summed E-state index contributed by atoms with van der Waals surface area (Å²) in [7, 11) is 0. The molecule has 0 saturated carbocycles. The summed E-state index contributed by atoms with van der Waals surface area (Å²) >= 11 is 0. The Hall–Kier alpha value is -3.03. The van der Waals surface area contributed by atoms with Crippen LogP contribution in [0.4, 0.5) is 5.69 Å². The maximum absolute atomic E-state index is 11.9. The molecule has 0 atom stereocenters. The van der Waals surface area contributed by atoms with Gasteiger partial charge in [-0.2, -0.15) is 4.98 Å². The van der Waals surface area contributed by atoms with Gasteiger partial charge in [0.05, 0.1) is 0 Å². The Kier molecular flexibility index (Phi) is 3.88.